The molecule has 1 heterocycles. The molecule has 0 saturated heterocycles. The molecule has 0 aliphatic carbocycles. The van der Waals surface area contributed by atoms with Crippen molar-refractivity contribution < 1.29 is 9.13 Å². The van der Waals surface area contributed by atoms with Crippen molar-refractivity contribution >= 4 is 27.6 Å². The largest absolute Gasteiger partial charge is 0.382 e. The minimum Gasteiger partial charge on any atom is -0.382 e. The molecule has 0 saturated carbocycles. The third-order valence-electron chi connectivity index (χ3n) is 2.78. The predicted molar refractivity (Wildman–Crippen MR) is 80.7 cm³/mol. The van der Waals surface area contributed by atoms with Gasteiger partial charge in [-0.1, -0.05) is 0 Å². The molecule has 0 bridgehead atoms. The van der Waals surface area contributed by atoms with Crippen LogP contribution in [-0.2, 0) is 11.3 Å². The smallest absolute Gasteiger partial charge is 0.207 e. The van der Waals surface area contributed by atoms with Crippen LogP contribution >= 0.6 is 15.9 Å². The molecule has 2 rings (SSSR count). The van der Waals surface area contributed by atoms with E-state index in [9.17, 15) is 4.39 Å². The van der Waals surface area contributed by atoms with Crippen molar-refractivity contribution in [1.29, 1.82) is 0 Å². The third kappa shape index (κ3) is 4.05. The fourth-order valence-corrected chi connectivity index (χ4v) is 2.04. The van der Waals surface area contributed by atoms with Crippen molar-refractivity contribution in [2.24, 2.45) is 0 Å². The molecule has 0 fully saturated rings. The molecule has 6 heteroatoms. The number of nitrogens with one attached hydrogen (secondary N) is 1. The van der Waals surface area contributed by atoms with Crippen LogP contribution in [0.15, 0.2) is 35.1 Å². The van der Waals surface area contributed by atoms with Crippen LogP contribution in [0.5, 0.6) is 0 Å². The normalized spacial score (nSPS) is 10.8. The molecule has 1 aromatic heterocycles. The Morgan fingerprint density at radius 2 is 2.30 bits per heavy atom. The van der Waals surface area contributed by atoms with Crippen molar-refractivity contribution in [3.8, 4) is 0 Å². The second kappa shape index (κ2) is 7.40. The molecule has 0 atom stereocenters. The molecule has 0 spiro atoms. The van der Waals surface area contributed by atoms with Crippen LogP contribution in [-0.4, -0.2) is 22.8 Å². The number of imidazole rings is 1. The summed E-state index contributed by atoms with van der Waals surface area (Å²) in [4.78, 5) is 4.24. The van der Waals surface area contributed by atoms with E-state index in [1.54, 1.807) is 18.3 Å². The van der Waals surface area contributed by atoms with Gasteiger partial charge in [0, 0.05) is 37.8 Å². The Hall–Kier alpha value is -1.40. The maximum atomic E-state index is 13.5. The van der Waals surface area contributed by atoms with Crippen molar-refractivity contribution in [2.45, 2.75) is 19.9 Å². The highest BCUT2D eigenvalue weighted by Gasteiger charge is 2.05. The van der Waals surface area contributed by atoms with Gasteiger partial charge in [-0.3, -0.25) is 0 Å². The molecule has 4 nitrogen and oxygen atoms in total. The Morgan fingerprint density at radius 3 is 3.05 bits per heavy atom. The summed E-state index contributed by atoms with van der Waals surface area (Å²) < 4.78 is 21.2. The molecule has 0 amide bonds. The van der Waals surface area contributed by atoms with Gasteiger partial charge >= 0.3 is 0 Å². The van der Waals surface area contributed by atoms with E-state index in [4.69, 9.17) is 4.74 Å². The standard InChI is InChI=1S/C14H17BrFN3O/c1-2-20-9-3-7-19-8-6-17-14(19)18-11-4-5-12(15)13(16)10-11/h4-6,8,10H,2-3,7,9H2,1H3,(H,17,18). The summed E-state index contributed by atoms with van der Waals surface area (Å²) in [5.41, 5.74) is 0.669. The topological polar surface area (TPSA) is 39.1 Å². The molecule has 1 N–H and O–H groups in total. The summed E-state index contributed by atoms with van der Waals surface area (Å²) in [5.74, 6) is 0.396. The Kier molecular flexibility index (Phi) is 5.55. The second-order valence-corrected chi connectivity index (χ2v) is 5.10. The quantitative estimate of drug-likeness (QED) is 0.775. The number of nitrogens with zero attached hydrogens (tertiary/aromatic N) is 2. The van der Waals surface area contributed by atoms with Crippen molar-refractivity contribution in [3.63, 3.8) is 0 Å². The van der Waals surface area contributed by atoms with E-state index < -0.39 is 0 Å². The van der Waals surface area contributed by atoms with Gasteiger partial charge in [-0.2, -0.15) is 0 Å². The van der Waals surface area contributed by atoms with Gasteiger partial charge < -0.3 is 14.6 Å². The van der Waals surface area contributed by atoms with Gasteiger partial charge in [0.15, 0.2) is 0 Å². The lowest BCUT2D eigenvalue weighted by Crippen LogP contribution is -2.06. The summed E-state index contributed by atoms with van der Waals surface area (Å²) >= 11 is 3.13. The molecule has 0 unspecified atom stereocenters. The SMILES string of the molecule is CCOCCCn1ccnc1Nc1ccc(Br)c(F)c1. The number of hydrogen-bond acceptors (Lipinski definition) is 3. The Balaban J connectivity index is 1.99. The molecule has 108 valence electrons. The van der Waals surface area contributed by atoms with Crippen LogP contribution < -0.4 is 5.32 Å². The minimum atomic E-state index is -0.301. The molecule has 20 heavy (non-hydrogen) atoms. The zero-order valence-electron chi connectivity index (χ0n) is 11.3. The monoisotopic (exact) mass is 341 g/mol. The lowest BCUT2D eigenvalue weighted by atomic mass is 10.3. The molecule has 0 aliphatic rings. The molecular formula is C14H17BrFN3O. The molecule has 1 aromatic carbocycles. The number of halogens is 2. The first-order chi connectivity index (χ1) is 9.70. The van der Waals surface area contributed by atoms with E-state index in [0.29, 0.717) is 16.1 Å². The van der Waals surface area contributed by atoms with Gasteiger partial charge in [-0.15, -0.1) is 0 Å². The van der Waals surface area contributed by atoms with Gasteiger partial charge in [-0.05, 0) is 47.5 Å². The first-order valence-electron chi connectivity index (χ1n) is 6.51. The summed E-state index contributed by atoms with van der Waals surface area (Å²) in [6.07, 6.45) is 4.52. The first kappa shape index (κ1) is 15.0. The number of aryl methyl sites for hydroxylation is 1. The van der Waals surface area contributed by atoms with Crippen molar-refractivity contribution in [1.82, 2.24) is 9.55 Å². The van der Waals surface area contributed by atoms with Gasteiger partial charge in [0.25, 0.3) is 0 Å². The number of rotatable bonds is 7. The van der Waals surface area contributed by atoms with E-state index in [1.807, 2.05) is 17.7 Å². The van der Waals surface area contributed by atoms with Gasteiger partial charge in [0.1, 0.15) is 5.82 Å². The summed E-state index contributed by atoms with van der Waals surface area (Å²) in [6, 6.07) is 4.90. The average molecular weight is 342 g/mol. The van der Waals surface area contributed by atoms with Gasteiger partial charge in [0.2, 0.25) is 5.95 Å². The summed E-state index contributed by atoms with van der Waals surface area (Å²) in [7, 11) is 0. The highest BCUT2D eigenvalue weighted by Crippen LogP contribution is 2.21. The number of benzene rings is 1. The number of ether oxygens (including phenoxy) is 1. The zero-order chi connectivity index (χ0) is 14.4. The summed E-state index contributed by atoms with van der Waals surface area (Å²) in [6.45, 7) is 4.24. The van der Waals surface area contributed by atoms with Crippen LogP contribution in [0.2, 0.25) is 0 Å². The molecular weight excluding hydrogens is 325 g/mol. The van der Waals surface area contributed by atoms with E-state index in [0.717, 1.165) is 26.2 Å². The Morgan fingerprint density at radius 1 is 1.45 bits per heavy atom. The third-order valence-corrected chi connectivity index (χ3v) is 3.43. The van der Waals surface area contributed by atoms with Crippen LogP contribution in [0, 0.1) is 5.82 Å². The summed E-state index contributed by atoms with van der Waals surface area (Å²) in [5, 5.41) is 3.11. The van der Waals surface area contributed by atoms with Crippen LogP contribution in [0.25, 0.3) is 0 Å². The van der Waals surface area contributed by atoms with Gasteiger partial charge in [0.05, 0.1) is 4.47 Å². The predicted octanol–water partition coefficient (Wildman–Crippen LogP) is 3.95. The van der Waals surface area contributed by atoms with E-state index in [2.05, 4.69) is 26.2 Å². The Labute approximate surface area is 126 Å². The van der Waals surface area contributed by atoms with Crippen LogP contribution in [0.1, 0.15) is 13.3 Å². The van der Waals surface area contributed by atoms with Crippen LogP contribution in [0.4, 0.5) is 16.0 Å². The second-order valence-electron chi connectivity index (χ2n) is 4.25. The maximum absolute atomic E-state index is 13.5. The van der Waals surface area contributed by atoms with E-state index >= 15 is 0 Å². The van der Waals surface area contributed by atoms with Crippen molar-refractivity contribution in [3.05, 3.63) is 40.9 Å². The molecule has 0 aliphatic heterocycles. The van der Waals surface area contributed by atoms with E-state index in [-0.39, 0.29) is 5.82 Å². The molecule has 2 aromatic rings. The minimum absolute atomic E-state index is 0.301. The maximum Gasteiger partial charge on any atom is 0.207 e. The number of aromatic nitrogens is 2. The molecule has 0 radical (unpaired) electrons. The highest BCUT2D eigenvalue weighted by atomic mass is 79.9. The zero-order valence-corrected chi connectivity index (χ0v) is 12.9. The van der Waals surface area contributed by atoms with Crippen molar-refractivity contribution in [2.75, 3.05) is 18.5 Å². The van der Waals surface area contributed by atoms with Gasteiger partial charge in [-0.25, -0.2) is 9.37 Å². The number of hydrogen-bond donors (Lipinski definition) is 1. The fraction of sp³-hybridized carbons (Fsp3) is 0.357. The van der Waals surface area contributed by atoms with Crippen LogP contribution in [0.3, 0.4) is 0 Å². The lowest BCUT2D eigenvalue weighted by Gasteiger charge is -2.10. The average Bonchev–Trinajstić information content (AvgIpc) is 2.86. The Bertz CT molecular complexity index is 559. The van der Waals surface area contributed by atoms with E-state index in [1.165, 1.54) is 6.07 Å². The first-order valence-corrected chi connectivity index (χ1v) is 7.31. The fourth-order valence-electron chi connectivity index (χ4n) is 1.80. The lowest BCUT2D eigenvalue weighted by molar-refractivity contribution is 0.142. The number of anilines is 2. The highest BCUT2D eigenvalue weighted by molar-refractivity contribution is 9.10.